The predicted molar refractivity (Wildman–Crippen MR) is 103 cm³/mol. The Bertz CT molecular complexity index is 1220. The van der Waals surface area contributed by atoms with Crippen LogP contribution in [0.1, 0.15) is 0 Å². The molecule has 0 radical (unpaired) electrons. The first-order valence-electron chi connectivity index (χ1n) is 8.00. The van der Waals surface area contributed by atoms with Crippen LogP contribution in [0.25, 0.3) is 33.7 Å². The normalized spacial score (nSPS) is 11.6. The van der Waals surface area contributed by atoms with E-state index < -0.39 is 10.1 Å². The van der Waals surface area contributed by atoms with Crippen LogP contribution >= 0.6 is 0 Å². The zero-order chi connectivity index (χ0) is 19.0. The van der Waals surface area contributed by atoms with Gasteiger partial charge in [0, 0.05) is 11.8 Å². The van der Waals surface area contributed by atoms with Gasteiger partial charge in [0.15, 0.2) is 5.58 Å². The van der Waals surface area contributed by atoms with E-state index in [0.29, 0.717) is 17.0 Å². The summed E-state index contributed by atoms with van der Waals surface area (Å²) in [7, 11) is -3.61. The quantitative estimate of drug-likeness (QED) is 0.539. The number of oxazole rings is 1. The van der Waals surface area contributed by atoms with Gasteiger partial charge in [-0.2, -0.15) is 8.42 Å². The Labute approximate surface area is 155 Å². The van der Waals surface area contributed by atoms with Crippen molar-refractivity contribution in [1.29, 1.82) is 0 Å². The molecule has 2 heterocycles. The number of nitrogens with two attached hydrogens (primary N) is 1. The smallest absolute Gasteiger partial charge is 0.306 e. The van der Waals surface area contributed by atoms with Gasteiger partial charge in [0.1, 0.15) is 17.1 Å². The van der Waals surface area contributed by atoms with E-state index in [2.05, 4.69) is 9.97 Å². The molecule has 2 N–H and O–H groups in total. The predicted octanol–water partition coefficient (Wildman–Crippen LogP) is 3.48. The Balaban J connectivity index is 1.78. The molecule has 27 heavy (non-hydrogen) atoms. The fourth-order valence-corrected chi connectivity index (χ4v) is 3.15. The molecule has 7 nitrogen and oxygen atoms in total. The molecule has 2 aromatic heterocycles. The molecule has 8 heteroatoms. The highest BCUT2D eigenvalue weighted by atomic mass is 32.2. The molecule has 0 atom stereocenters. The Morgan fingerprint density at radius 2 is 1.85 bits per heavy atom. The van der Waals surface area contributed by atoms with Crippen LogP contribution in [-0.4, -0.2) is 24.6 Å². The zero-order valence-electron chi connectivity index (χ0n) is 14.3. The third-order valence-electron chi connectivity index (χ3n) is 3.86. The molecule has 0 aliphatic heterocycles. The molecule has 0 bridgehead atoms. The number of nitrogen functional groups attached to an aromatic ring is 1. The maximum atomic E-state index is 11.3. The van der Waals surface area contributed by atoms with Gasteiger partial charge in [-0.05, 0) is 35.9 Å². The largest absolute Gasteiger partial charge is 0.436 e. The third kappa shape index (κ3) is 3.61. The Hall–Kier alpha value is -3.39. The highest BCUT2D eigenvalue weighted by Gasteiger charge is 2.14. The molecule has 136 valence electrons. The minimum atomic E-state index is -3.61. The highest BCUT2D eigenvalue weighted by Crippen LogP contribution is 2.32. The molecule has 0 fully saturated rings. The average Bonchev–Trinajstić information content (AvgIpc) is 3.05. The van der Waals surface area contributed by atoms with Crippen LogP contribution in [0.3, 0.4) is 0 Å². The molecule has 2 aromatic carbocycles. The molecule has 4 rings (SSSR count). The van der Waals surface area contributed by atoms with Crippen LogP contribution in [0.2, 0.25) is 0 Å². The monoisotopic (exact) mass is 381 g/mol. The molecule has 0 spiro atoms. The van der Waals surface area contributed by atoms with E-state index in [4.69, 9.17) is 14.3 Å². The van der Waals surface area contributed by atoms with Crippen molar-refractivity contribution in [2.75, 3.05) is 12.0 Å². The molecule has 0 unspecified atom stereocenters. The van der Waals surface area contributed by atoms with Crippen molar-refractivity contribution in [2.45, 2.75) is 0 Å². The fourth-order valence-electron chi connectivity index (χ4n) is 2.69. The summed E-state index contributed by atoms with van der Waals surface area (Å²) in [6, 6.07) is 15.9. The van der Waals surface area contributed by atoms with E-state index in [1.54, 1.807) is 30.5 Å². The topological polar surface area (TPSA) is 108 Å². The summed E-state index contributed by atoms with van der Waals surface area (Å²) in [4.78, 5) is 8.68. The van der Waals surface area contributed by atoms with Gasteiger partial charge < -0.3 is 14.3 Å². The Morgan fingerprint density at radius 3 is 2.63 bits per heavy atom. The van der Waals surface area contributed by atoms with Gasteiger partial charge in [-0.1, -0.05) is 24.3 Å². The number of hydrogen-bond donors (Lipinski definition) is 1. The van der Waals surface area contributed by atoms with Crippen molar-refractivity contribution in [3.05, 3.63) is 60.8 Å². The lowest BCUT2D eigenvalue weighted by atomic mass is 10.1. The summed E-state index contributed by atoms with van der Waals surface area (Å²) in [6.45, 7) is 0. The number of rotatable bonds is 4. The van der Waals surface area contributed by atoms with Crippen molar-refractivity contribution in [1.82, 2.24) is 9.97 Å². The number of para-hydroxylation sites is 2. The average molecular weight is 381 g/mol. The SMILES string of the molecule is CS(=O)(=O)Oc1cccc(-c2cnc(N)c(-c3nc4ccccc4o3)c2)c1. The Morgan fingerprint density at radius 1 is 1.04 bits per heavy atom. The van der Waals surface area contributed by atoms with Crippen LogP contribution in [0.5, 0.6) is 5.75 Å². The summed E-state index contributed by atoms with van der Waals surface area (Å²) in [5.74, 6) is 0.871. The van der Waals surface area contributed by atoms with Crippen molar-refractivity contribution in [2.24, 2.45) is 0 Å². The first kappa shape index (κ1) is 17.0. The standard InChI is InChI=1S/C19H15N3O4S/c1-27(23,24)26-14-6-4-5-12(9-14)13-10-15(18(20)21-11-13)19-22-16-7-2-3-8-17(16)25-19/h2-11H,1H3,(H2,20,21). The minimum absolute atomic E-state index is 0.218. The number of hydrogen-bond acceptors (Lipinski definition) is 7. The molecular weight excluding hydrogens is 366 g/mol. The van der Waals surface area contributed by atoms with Crippen molar-refractivity contribution in [3.8, 4) is 28.3 Å². The summed E-state index contributed by atoms with van der Waals surface area (Å²) in [6.07, 6.45) is 2.59. The van der Waals surface area contributed by atoms with E-state index in [9.17, 15) is 8.42 Å². The molecule has 0 saturated carbocycles. The van der Waals surface area contributed by atoms with Crippen LogP contribution in [0, 0.1) is 0 Å². The molecule has 0 amide bonds. The molecular formula is C19H15N3O4S. The van der Waals surface area contributed by atoms with E-state index in [1.165, 1.54) is 0 Å². The summed E-state index contributed by atoms with van der Waals surface area (Å²) >= 11 is 0. The lowest BCUT2D eigenvalue weighted by molar-refractivity contribution is 0.493. The number of fused-ring (bicyclic) bond motifs is 1. The number of pyridine rings is 1. The molecule has 0 aliphatic carbocycles. The van der Waals surface area contributed by atoms with Crippen molar-refractivity contribution in [3.63, 3.8) is 0 Å². The van der Waals surface area contributed by atoms with Crippen molar-refractivity contribution >= 4 is 27.0 Å². The van der Waals surface area contributed by atoms with Gasteiger partial charge in [-0.3, -0.25) is 0 Å². The second-order valence-corrected chi connectivity index (χ2v) is 7.53. The second-order valence-electron chi connectivity index (χ2n) is 5.96. The molecule has 0 aliphatic rings. The van der Waals surface area contributed by atoms with Gasteiger partial charge in [0.25, 0.3) is 0 Å². The first-order chi connectivity index (χ1) is 12.9. The van der Waals surface area contributed by atoms with Gasteiger partial charge in [-0.15, -0.1) is 0 Å². The maximum Gasteiger partial charge on any atom is 0.306 e. The summed E-state index contributed by atoms with van der Waals surface area (Å²) in [5, 5.41) is 0. The fraction of sp³-hybridized carbons (Fsp3) is 0.0526. The molecule has 4 aromatic rings. The van der Waals surface area contributed by atoms with Crippen LogP contribution in [-0.2, 0) is 10.1 Å². The lowest BCUT2D eigenvalue weighted by Crippen LogP contribution is -2.05. The summed E-state index contributed by atoms with van der Waals surface area (Å²) < 4.78 is 33.4. The maximum absolute atomic E-state index is 11.3. The van der Waals surface area contributed by atoms with Crippen molar-refractivity contribution < 1.29 is 17.0 Å². The van der Waals surface area contributed by atoms with Crippen LogP contribution < -0.4 is 9.92 Å². The number of benzene rings is 2. The van der Waals surface area contributed by atoms with Gasteiger partial charge in [-0.25, -0.2) is 9.97 Å². The van der Waals surface area contributed by atoms with Gasteiger partial charge in [0.05, 0.1) is 11.8 Å². The molecule has 0 saturated heterocycles. The van der Waals surface area contributed by atoms with Crippen LogP contribution in [0.15, 0.2) is 65.2 Å². The van der Waals surface area contributed by atoms with E-state index in [1.807, 2.05) is 30.3 Å². The van der Waals surface area contributed by atoms with E-state index in [-0.39, 0.29) is 11.6 Å². The van der Waals surface area contributed by atoms with Gasteiger partial charge in [0.2, 0.25) is 5.89 Å². The third-order valence-corrected chi connectivity index (χ3v) is 4.35. The van der Waals surface area contributed by atoms with Gasteiger partial charge >= 0.3 is 10.1 Å². The second kappa shape index (κ2) is 6.40. The number of nitrogens with zero attached hydrogens (tertiary/aromatic N) is 2. The van der Waals surface area contributed by atoms with Crippen LogP contribution in [0.4, 0.5) is 5.82 Å². The number of aromatic nitrogens is 2. The lowest BCUT2D eigenvalue weighted by Gasteiger charge is -2.08. The Kier molecular flexibility index (Phi) is 4.04. The summed E-state index contributed by atoms with van der Waals surface area (Å²) in [5.41, 5.74) is 9.40. The minimum Gasteiger partial charge on any atom is -0.436 e. The number of anilines is 1. The van der Waals surface area contributed by atoms with E-state index in [0.717, 1.165) is 22.9 Å². The first-order valence-corrected chi connectivity index (χ1v) is 9.82. The highest BCUT2D eigenvalue weighted by molar-refractivity contribution is 7.86. The zero-order valence-corrected chi connectivity index (χ0v) is 15.1. The van der Waals surface area contributed by atoms with E-state index >= 15 is 0 Å².